The van der Waals surface area contributed by atoms with Crippen molar-refractivity contribution in [2.75, 3.05) is 5.32 Å². The van der Waals surface area contributed by atoms with Crippen molar-refractivity contribution in [1.29, 1.82) is 0 Å². The van der Waals surface area contributed by atoms with E-state index in [0.717, 1.165) is 11.3 Å². The number of ether oxygens (including phenoxy) is 2. The van der Waals surface area contributed by atoms with Gasteiger partial charge in [0.05, 0.1) is 12.6 Å². The second kappa shape index (κ2) is 11.8. The quantitative estimate of drug-likeness (QED) is 0.164. The number of esters is 1. The molecule has 3 rings (SSSR count). The van der Waals surface area contributed by atoms with Crippen LogP contribution in [0.5, 0.6) is 0 Å². The molecular formula is C24H35N9O7S. The van der Waals surface area contributed by atoms with Crippen LogP contribution in [0.15, 0.2) is 10.5 Å². The van der Waals surface area contributed by atoms with E-state index < -0.39 is 52.8 Å². The summed E-state index contributed by atoms with van der Waals surface area (Å²) < 4.78 is 12.1. The number of carbonyl (C=O) groups excluding carboxylic acids is 4. The molecule has 3 heterocycles. The van der Waals surface area contributed by atoms with Crippen molar-refractivity contribution in [2.24, 2.45) is 5.16 Å². The molecule has 224 valence electrons. The molecule has 2 aromatic heterocycles. The highest BCUT2D eigenvalue weighted by molar-refractivity contribution is 7.14. The summed E-state index contributed by atoms with van der Waals surface area (Å²) in [7, 11) is 0. The summed E-state index contributed by atoms with van der Waals surface area (Å²) in [4.78, 5) is 60.4. The Morgan fingerprint density at radius 1 is 1.10 bits per heavy atom. The van der Waals surface area contributed by atoms with Gasteiger partial charge in [-0.15, -0.1) is 16.4 Å². The molecule has 2 atom stereocenters. The number of amides is 3. The number of hydrogen-bond acceptors (Lipinski definition) is 13. The first-order valence-electron chi connectivity index (χ1n) is 12.6. The summed E-state index contributed by atoms with van der Waals surface area (Å²) in [5, 5.41) is 24.6. The fraction of sp³-hybridized carbons (Fsp3) is 0.625. The molecule has 17 heteroatoms. The molecule has 3 amide bonds. The van der Waals surface area contributed by atoms with Crippen LogP contribution in [-0.4, -0.2) is 83.7 Å². The van der Waals surface area contributed by atoms with E-state index in [9.17, 15) is 19.2 Å². The highest BCUT2D eigenvalue weighted by Gasteiger charge is 2.42. The number of oxime groups is 1. The van der Waals surface area contributed by atoms with E-state index >= 15 is 0 Å². The lowest BCUT2D eigenvalue weighted by Gasteiger charge is -2.36. The van der Waals surface area contributed by atoms with Gasteiger partial charge in [-0.2, -0.15) is 0 Å². The fourth-order valence-corrected chi connectivity index (χ4v) is 3.89. The number of hydrogen-bond donors (Lipinski definition) is 3. The van der Waals surface area contributed by atoms with Gasteiger partial charge in [0.25, 0.3) is 5.91 Å². The van der Waals surface area contributed by atoms with E-state index in [4.69, 9.17) is 14.3 Å². The van der Waals surface area contributed by atoms with Gasteiger partial charge in [0, 0.05) is 5.38 Å². The lowest BCUT2D eigenvalue weighted by Crippen LogP contribution is -2.70. The van der Waals surface area contributed by atoms with Crippen LogP contribution in [0.2, 0.25) is 0 Å². The number of β-lactam (4-membered cyclic amide) rings is 1. The second-order valence-corrected chi connectivity index (χ2v) is 12.5. The number of carbonyl (C=O) groups is 4. The minimum atomic E-state index is -1.58. The molecular weight excluding hydrogens is 558 g/mol. The van der Waals surface area contributed by atoms with Crippen molar-refractivity contribution < 1.29 is 33.5 Å². The molecule has 0 unspecified atom stereocenters. The minimum absolute atomic E-state index is 0.0196. The standard InChI is InChI=1S/C24H35N9O7S/c1-12-29-31-32-33(12)10-13-15(17(34)25-13)27-18(35)16(30-40-24(8,9)19(36)38-22(2,3)4)14-11-41-20(26-14)28-21(37)39-23(5,6)7/h11,13,15H,10H2,1-9H3,(H,25,34)(H,27,35)(H,26,28,37)/b30-16+/t13-,15+/m1/s1. The number of tetrazole rings is 1. The average Bonchev–Trinajstić information content (AvgIpc) is 3.43. The number of thiazole rings is 1. The summed E-state index contributed by atoms with van der Waals surface area (Å²) in [6.07, 6.45) is -0.740. The fourth-order valence-electron chi connectivity index (χ4n) is 3.21. The Labute approximate surface area is 240 Å². The normalized spacial score (nSPS) is 17.7. The summed E-state index contributed by atoms with van der Waals surface area (Å²) >= 11 is 1.01. The average molecular weight is 594 g/mol. The molecule has 0 aromatic carbocycles. The highest BCUT2D eigenvalue weighted by atomic mass is 32.1. The third kappa shape index (κ3) is 8.67. The predicted octanol–water partition coefficient (Wildman–Crippen LogP) is 1.31. The molecule has 0 spiro atoms. The van der Waals surface area contributed by atoms with Crippen molar-refractivity contribution in [2.45, 2.75) is 97.7 Å². The molecule has 2 aromatic rings. The van der Waals surface area contributed by atoms with Crippen molar-refractivity contribution >= 4 is 46.1 Å². The first-order valence-corrected chi connectivity index (χ1v) is 13.5. The Balaban J connectivity index is 1.84. The first kappa shape index (κ1) is 31.4. The van der Waals surface area contributed by atoms with Crippen LogP contribution in [0.4, 0.5) is 9.93 Å². The van der Waals surface area contributed by atoms with Crippen molar-refractivity contribution in [3.63, 3.8) is 0 Å². The van der Waals surface area contributed by atoms with Crippen LogP contribution in [0, 0.1) is 6.92 Å². The summed E-state index contributed by atoms with van der Waals surface area (Å²) in [5.74, 6) is -1.41. The predicted molar refractivity (Wildman–Crippen MR) is 146 cm³/mol. The van der Waals surface area contributed by atoms with Crippen LogP contribution < -0.4 is 16.0 Å². The number of aromatic nitrogens is 5. The molecule has 0 aliphatic carbocycles. The maximum atomic E-state index is 13.4. The van der Waals surface area contributed by atoms with Gasteiger partial charge in [-0.05, 0) is 72.7 Å². The molecule has 16 nitrogen and oxygen atoms in total. The smallest absolute Gasteiger partial charge is 0.413 e. The minimum Gasteiger partial charge on any atom is -0.457 e. The van der Waals surface area contributed by atoms with Gasteiger partial charge in [0.15, 0.2) is 10.8 Å². The zero-order chi connectivity index (χ0) is 30.8. The van der Waals surface area contributed by atoms with E-state index in [1.165, 1.54) is 23.9 Å². The van der Waals surface area contributed by atoms with Crippen LogP contribution in [0.1, 0.15) is 66.9 Å². The summed E-state index contributed by atoms with van der Waals surface area (Å²) in [5.41, 5.74) is -3.43. The lowest BCUT2D eigenvalue weighted by molar-refractivity contribution is -0.179. The molecule has 0 saturated carbocycles. The second-order valence-electron chi connectivity index (χ2n) is 11.7. The van der Waals surface area contributed by atoms with Crippen molar-refractivity contribution in [1.82, 2.24) is 35.8 Å². The first-order chi connectivity index (χ1) is 18.8. The molecule has 41 heavy (non-hydrogen) atoms. The van der Waals surface area contributed by atoms with E-state index in [1.54, 1.807) is 48.5 Å². The third-order valence-corrected chi connectivity index (χ3v) is 5.96. The van der Waals surface area contributed by atoms with Crippen molar-refractivity contribution in [3.05, 3.63) is 16.9 Å². The van der Waals surface area contributed by atoms with Gasteiger partial charge >= 0.3 is 12.1 Å². The number of rotatable bonds is 9. The SMILES string of the molecule is Cc1nnnn1C[C@H]1NC(=O)[C@H]1NC(=O)/C(=N/OC(C)(C)C(=O)OC(C)(C)C)c1csc(NC(=O)OC(C)(C)C)n1. The number of nitrogens with zero attached hydrogens (tertiary/aromatic N) is 6. The summed E-state index contributed by atoms with van der Waals surface area (Å²) in [6.45, 7) is 15.0. The number of anilines is 1. The summed E-state index contributed by atoms with van der Waals surface area (Å²) in [6, 6.07) is -1.44. The highest BCUT2D eigenvalue weighted by Crippen LogP contribution is 2.21. The number of aryl methyl sites for hydroxylation is 1. The van der Waals surface area contributed by atoms with Crippen LogP contribution in [0.3, 0.4) is 0 Å². The number of nitrogens with one attached hydrogen (secondary N) is 3. The molecule has 1 fully saturated rings. The van der Waals surface area contributed by atoms with Crippen LogP contribution >= 0.6 is 11.3 Å². The Morgan fingerprint density at radius 3 is 2.32 bits per heavy atom. The Bertz CT molecular complexity index is 1340. The Hall–Kier alpha value is -4.15. The van der Waals surface area contributed by atoms with Gasteiger partial charge in [0.1, 0.15) is 28.8 Å². The molecule has 1 aliphatic heterocycles. The molecule has 0 radical (unpaired) electrons. The van der Waals surface area contributed by atoms with Gasteiger partial charge in [-0.25, -0.2) is 19.3 Å². The molecule has 1 aliphatic rings. The zero-order valence-electron chi connectivity index (χ0n) is 24.4. The molecule has 0 bridgehead atoms. The van der Waals surface area contributed by atoms with Gasteiger partial charge in [-0.3, -0.25) is 14.9 Å². The maximum Gasteiger partial charge on any atom is 0.413 e. The molecule has 1 saturated heterocycles. The largest absolute Gasteiger partial charge is 0.457 e. The van der Waals surface area contributed by atoms with E-state index in [-0.39, 0.29) is 23.1 Å². The van der Waals surface area contributed by atoms with Crippen LogP contribution in [-0.2, 0) is 35.2 Å². The zero-order valence-corrected chi connectivity index (χ0v) is 25.2. The van der Waals surface area contributed by atoms with E-state index in [2.05, 4.69) is 41.6 Å². The Morgan fingerprint density at radius 2 is 1.76 bits per heavy atom. The third-order valence-electron chi connectivity index (χ3n) is 5.21. The van der Waals surface area contributed by atoms with Gasteiger partial charge in [0.2, 0.25) is 11.5 Å². The van der Waals surface area contributed by atoms with E-state index in [1.807, 2.05) is 0 Å². The van der Waals surface area contributed by atoms with Crippen LogP contribution in [0.25, 0.3) is 0 Å². The Kier molecular flexibility index (Phi) is 9.00. The van der Waals surface area contributed by atoms with E-state index in [0.29, 0.717) is 5.82 Å². The van der Waals surface area contributed by atoms with Gasteiger partial charge in [-0.1, -0.05) is 5.16 Å². The topological polar surface area (TPSA) is 201 Å². The monoisotopic (exact) mass is 593 g/mol. The lowest BCUT2D eigenvalue weighted by atomic mass is 9.98. The molecule has 3 N–H and O–H groups in total. The maximum absolute atomic E-state index is 13.4. The van der Waals surface area contributed by atoms with Gasteiger partial charge < -0.3 is 24.9 Å². The van der Waals surface area contributed by atoms with Crippen molar-refractivity contribution in [3.8, 4) is 0 Å².